The highest BCUT2D eigenvalue weighted by Gasteiger charge is 2.11. The number of hydrogen-bond donors (Lipinski definition) is 0. The summed E-state index contributed by atoms with van der Waals surface area (Å²) in [6.45, 7) is 0.289. The van der Waals surface area contributed by atoms with Crippen molar-refractivity contribution in [1.82, 2.24) is 0 Å². The van der Waals surface area contributed by atoms with E-state index in [0.717, 1.165) is 11.3 Å². The Morgan fingerprint density at radius 2 is 1.56 bits per heavy atom. The molecule has 0 aliphatic rings. The summed E-state index contributed by atoms with van der Waals surface area (Å²) in [5.74, 6) is 0. The fourth-order valence-corrected chi connectivity index (χ4v) is 1.57. The Bertz CT molecular complexity index is 496. The van der Waals surface area contributed by atoms with Gasteiger partial charge in [0, 0.05) is 12.7 Å². The first-order valence-electron chi connectivity index (χ1n) is 5.77. The van der Waals surface area contributed by atoms with Gasteiger partial charge >= 0.3 is 6.09 Å². The topological polar surface area (TPSA) is 29.5 Å². The number of carbonyl (C=O) groups excluding carboxylic acids is 1. The summed E-state index contributed by atoms with van der Waals surface area (Å²) < 4.78 is 5.23. The number of carbonyl (C=O) groups is 1. The van der Waals surface area contributed by atoms with Gasteiger partial charge in [-0.25, -0.2) is 4.79 Å². The molecule has 0 N–H and O–H groups in total. The van der Waals surface area contributed by atoms with Gasteiger partial charge in [0.25, 0.3) is 0 Å². The third-order valence-electron chi connectivity index (χ3n) is 2.62. The van der Waals surface area contributed by atoms with Gasteiger partial charge in [0.05, 0.1) is 0 Å². The quantitative estimate of drug-likeness (QED) is 0.823. The van der Waals surface area contributed by atoms with E-state index in [1.54, 1.807) is 7.05 Å². The maximum Gasteiger partial charge on any atom is 0.414 e. The second-order valence-corrected chi connectivity index (χ2v) is 3.93. The summed E-state index contributed by atoms with van der Waals surface area (Å²) in [5.41, 5.74) is 1.79. The van der Waals surface area contributed by atoms with Gasteiger partial charge in [-0.3, -0.25) is 4.90 Å². The van der Waals surface area contributed by atoms with E-state index < -0.39 is 0 Å². The van der Waals surface area contributed by atoms with Crippen molar-refractivity contribution in [2.24, 2.45) is 0 Å². The molecule has 0 radical (unpaired) electrons. The Hall–Kier alpha value is -2.29. The van der Waals surface area contributed by atoms with E-state index in [9.17, 15) is 4.79 Å². The van der Waals surface area contributed by atoms with Gasteiger partial charge in [0.1, 0.15) is 6.61 Å². The highest BCUT2D eigenvalue weighted by atomic mass is 16.6. The van der Waals surface area contributed by atoms with Crippen LogP contribution in [-0.2, 0) is 11.3 Å². The van der Waals surface area contributed by atoms with Gasteiger partial charge in [-0.2, -0.15) is 0 Å². The zero-order valence-corrected chi connectivity index (χ0v) is 10.2. The van der Waals surface area contributed by atoms with E-state index >= 15 is 0 Å². The van der Waals surface area contributed by atoms with Crippen LogP contribution in [-0.4, -0.2) is 13.1 Å². The van der Waals surface area contributed by atoms with Crippen molar-refractivity contribution in [1.29, 1.82) is 0 Å². The Kier molecular flexibility index (Phi) is 3.97. The van der Waals surface area contributed by atoms with Crippen LogP contribution >= 0.6 is 0 Å². The van der Waals surface area contributed by atoms with E-state index in [2.05, 4.69) is 0 Å². The number of nitrogens with zero attached hydrogens (tertiary/aromatic N) is 1. The van der Waals surface area contributed by atoms with E-state index in [0.29, 0.717) is 0 Å². The fraction of sp³-hybridized carbons (Fsp3) is 0.133. The summed E-state index contributed by atoms with van der Waals surface area (Å²) in [6.07, 6.45) is -0.356. The van der Waals surface area contributed by atoms with Crippen LogP contribution in [0.4, 0.5) is 10.5 Å². The summed E-state index contributed by atoms with van der Waals surface area (Å²) in [4.78, 5) is 13.3. The third kappa shape index (κ3) is 3.10. The fourth-order valence-electron chi connectivity index (χ4n) is 1.57. The molecule has 0 saturated carbocycles. The molecule has 0 bridgehead atoms. The van der Waals surface area contributed by atoms with Gasteiger partial charge in [-0.05, 0) is 17.7 Å². The molecule has 0 saturated heterocycles. The average Bonchev–Trinajstić information content (AvgIpc) is 2.46. The largest absolute Gasteiger partial charge is 0.444 e. The molecular weight excluding hydrogens is 226 g/mol. The van der Waals surface area contributed by atoms with Crippen molar-refractivity contribution < 1.29 is 9.53 Å². The van der Waals surface area contributed by atoms with Crippen molar-refractivity contribution >= 4 is 11.8 Å². The third-order valence-corrected chi connectivity index (χ3v) is 2.62. The van der Waals surface area contributed by atoms with E-state index in [-0.39, 0.29) is 12.7 Å². The molecule has 0 aliphatic heterocycles. The minimum absolute atomic E-state index is 0.289. The number of ether oxygens (including phenoxy) is 1. The molecule has 2 rings (SSSR count). The predicted octanol–water partition coefficient (Wildman–Crippen LogP) is 3.46. The molecule has 0 aliphatic carbocycles. The number of para-hydroxylation sites is 1. The van der Waals surface area contributed by atoms with E-state index in [4.69, 9.17) is 4.74 Å². The average molecular weight is 241 g/mol. The molecule has 0 aromatic heterocycles. The number of hydrogen-bond acceptors (Lipinski definition) is 2. The van der Waals surface area contributed by atoms with Crippen molar-refractivity contribution in [2.45, 2.75) is 6.61 Å². The van der Waals surface area contributed by atoms with Crippen LogP contribution in [0, 0.1) is 0 Å². The van der Waals surface area contributed by atoms with Crippen molar-refractivity contribution in [3.8, 4) is 0 Å². The highest BCUT2D eigenvalue weighted by molar-refractivity contribution is 5.86. The molecule has 2 aromatic carbocycles. The van der Waals surface area contributed by atoms with Crippen LogP contribution in [0.5, 0.6) is 0 Å². The molecule has 0 unspecified atom stereocenters. The monoisotopic (exact) mass is 241 g/mol. The van der Waals surface area contributed by atoms with Gasteiger partial charge in [0.15, 0.2) is 0 Å². The zero-order chi connectivity index (χ0) is 12.8. The highest BCUT2D eigenvalue weighted by Crippen LogP contribution is 2.12. The van der Waals surface area contributed by atoms with Crippen LogP contribution in [0.25, 0.3) is 0 Å². The van der Waals surface area contributed by atoms with Crippen LogP contribution in [0.1, 0.15) is 5.56 Å². The Morgan fingerprint density at radius 1 is 1.00 bits per heavy atom. The van der Waals surface area contributed by atoms with Crippen LogP contribution in [0.15, 0.2) is 60.7 Å². The van der Waals surface area contributed by atoms with Crippen molar-refractivity contribution in [3.63, 3.8) is 0 Å². The lowest BCUT2D eigenvalue weighted by Gasteiger charge is -2.16. The Labute approximate surface area is 107 Å². The van der Waals surface area contributed by atoms with Gasteiger partial charge in [0.2, 0.25) is 0 Å². The van der Waals surface area contributed by atoms with Gasteiger partial charge in [-0.15, -0.1) is 0 Å². The maximum absolute atomic E-state index is 11.8. The minimum Gasteiger partial charge on any atom is -0.444 e. The number of benzene rings is 2. The number of rotatable bonds is 3. The van der Waals surface area contributed by atoms with Crippen LogP contribution < -0.4 is 4.90 Å². The molecule has 0 spiro atoms. The first-order valence-corrected chi connectivity index (χ1v) is 5.77. The lowest BCUT2D eigenvalue weighted by atomic mass is 10.2. The second-order valence-electron chi connectivity index (χ2n) is 3.93. The van der Waals surface area contributed by atoms with Crippen LogP contribution in [0.2, 0.25) is 0 Å². The summed E-state index contributed by atoms with van der Waals surface area (Å²) >= 11 is 0. The van der Waals surface area contributed by atoms with Crippen molar-refractivity contribution in [3.05, 3.63) is 66.2 Å². The van der Waals surface area contributed by atoms with Gasteiger partial charge in [-0.1, -0.05) is 48.5 Å². The molecule has 1 amide bonds. The molecular formula is C15H15NO2. The lowest BCUT2D eigenvalue weighted by Crippen LogP contribution is -2.26. The Balaban J connectivity index is 1.93. The van der Waals surface area contributed by atoms with E-state index in [1.807, 2.05) is 60.7 Å². The van der Waals surface area contributed by atoms with Crippen LogP contribution in [0.3, 0.4) is 0 Å². The molecule has 0 heterocycles. The predicted molar refractivity (Wildman–Crippen MR) is 71.5 cm³/mol. The SMILES string of the molecule is CN(C(=O)OCc1ccccc1)c1ccccc1. The number of amides is 1. The second kappa shape index (κ2) is 5.87. The van der Waals surface area contributed by atoms with E-state index in [1.165, 1.54) is 4.90 Å². The molecule has 18 heavy (non-hydrogen) atoms. The first kappa shape index (κ1) is 12.2. The smallest absolute Gasteiger partial charge is 0.414 e. The normalized spacial score (nSPS) is 9.83. The zero-order valence-electron chi connectivity index (χ0n) is 10.2. The molecule has 92 valence electrons. The maximum atomic E-state index is 11.8. The molecule has 2 aromatic rings. The summed E-state index contributed by atoms with van der Waals surface area (Å²) in [7, 11) is 1.70. The Morgan fingerprint density at radius 3 is 2.17 bits per heavy atom. The molecule has 0 fully saturated rings. The standard InChI is InChI=1S/C15H15NO2/c1-16(14-10-6-3-7-11-14)15(17)18-12-13-8-4-2-5-9-13/h2-11H,12H2,1H3. The lowest BCUT2D eigenvalue weighted by molar-refractivity contribution is 0.148. The molecule has 3 nitrogen and oxygen atoms in total. The summed E-state index contributed by atoms with van der Waals surface area (Å²) in [5, 5.41) is 0. The molecule has 0 atom stereocenters. The number of anilines is 1. The minimum atomic E-state index is -0.356. The summed E-state index contributed by atoms with van der Waals surface area (Å²) in [6, 6.07) is 19.0. The van der Waals surface area contributed by atoms with Gasteiger partial charge < -0.3 is 4.74 Å². The molecule has 3 heteroatoms. The first-order chi connectivity index (χ1) is 8.77. The van der Waals surface area contributed by atoms with Crippen molar-refractivity contribution in [2.75, 3.05) is 11.9 Å².